The average molecular weight is 755 g/mol. The van der Waals surface area contributed by atoms with Crippen LogP contribution in [0.15, 0.2) is 224 Å². The third-order valence-corrected chi connectivity index (χ3v) is 13.2. The average Bonchev–Trinajstić information content (AvgIpc) is 3.78. The first-order valence-corrected chi connectivity index (χ1v) is 21.0. The molecule has 12 rings (SSSR count). The lowest BCUT2D eigenvalue weighted by atomic mass is 9.67. The van der Waals surface area contributed by atoms with Gasteiger partial charge in [-0.05, 0) is 117 Å². The Labute approximate surface area is 346 Å². The molecule has 8 aromatic rings. The largest absolute Gasteiger partial charge is 0.334 e. The Balaban J connectivity index is 1.09. The fourth-order valence-electron chi connectivity index (χ4n) is 10.9. The summed E-state index contributed by atoms with van der Waals surface area (Å²) in [5, 5.41) is 5.08. The summed E-state index contributed by atoms with van der Waals surface area (Å²) in [5.41, 5.74) is 16.5. The van der Waals surface area contributed by atoms with Crippen molar-refractivity contribution in [3.63, 3.8) is 0 Å². The quantitative estimate of drug-likeness (QED) is 0.156. The van der Waals surface area contributed by atoms with Gasteiger partial charge in [0.1, 0.15) is 0 Å². The predicted octanol–water partition coefficient (Wildman–Crippen LogP) is 14.6. The van der Waals surface area contributed by atoms with Crippen molar-refractivity contribution in [3.05, 3.63) is 246 Å². The Morgan fingerprint density at radius 2 is 1.14 bits per heavy atom. The minimum Gasteiger partial charge on any atom is -0.334 e. The SMILES string of the molecule is C1=CC(N(c2ccccc2)c2cccc3c2-c2ccccc2C32C3=C(C=CC(N(c4ccccc4)c4cc5ccccc5c5ccccc45)C3)c3ccccc32)=CCC1. The lowest BCUT2D eigenvalue weighted by Gasteiger charge is -2.39. The topological polar surface area (TPSA) is 6.48 Å². The van der Waals surface area contributed by atoms with Crippen LogP contribution in [0.5, 0.6) is 0 Å². The van der Waals surface area contributed by atoms with Crippen molar-refractivity contribution >= 4 is 49.9 Å². The molecule has 2 unspecified atom stereocenters. The number of anilines is 4. The van der Waals surface area contributed by atoms with Crippen LogP contribution in [0.3, 0.4) is 0 Å². The molecule has 0 N–H and O–H groups in total. The monoisotopic (exact) mass is 754 g/mol. The second-order valence-corrected chi connectivity index (χ2v) is 16.2. The van der Waals surface area contributed by atoms with Gasteiger partial charge in [-0.2, -0.15) is 0 Å². The molecule has 0 fully saturated rings. The van der Waals surface area contributed by atoms with Crippen LogP contribution >= 0.6 is 0 Å². The van der Waals surface area contributed by atoms with Gasteiger partial charge < -0.3 is 9.80 Å². The number of rotatable bonds is 6. The van der Waals surface area contributed by atoms with Gasteiger partial charge in [-0.1, -0.05) is 170 Å². The molecule has 2 atom stereocenters. The highest BCUT2D eigenvalue weighted by atomic mass is 15.2. The molecule has 1 spiro atoms. The molecular weight excluding hydrogens is 713 g/mol. The number of fused-ring (bicyclic) bond motifs is 12. The van der Waals surface area contributed by atoms with E-state index in [-0.39, 0.29) is 6.04 Å². The molecule has 0 aromatic heterocycles. The molecule has 2 nitrogen and oxygen atoms in total. The Morgan fingerprint density at radius 1 is 0.492 bits per heavy atom. The van der Waals surface area contributed by atoms with Gasteiger partial charge in [0.05, 0.1) is 22.8 Å². The van der Waals surface area contributed by atoms with Gasteiger partial charge in [0.15, 0.2) is 0 Å². The predicted molar refractivity (Wildman–Crippen MR) is 248 cm³/mol. The number of para-hydroxylation sites is 2. The van der Waals surface area contributed by atoms with Crippen molar-refractivity contribution in [1.29, 1.82) is 0 Å². The maximum absolute atomic E-state index is 2.61. The van der Waals surface area contributed by atoms with Crippen molar-refractivity contribution < 1.29 is 0 Å². The third-order valence-electron chi connectivity index (χ3n) is 13.2. The fraction of sp³-hybridized carbons (Fsp3) is 0.0877. The van der Waals surface area contributed by atoms with Crippen LogP contribution in [0.2, 0.25) is 0 Å². The summed E-state index contributed by atoms with van der Waals surface area (Å²) in [6.07, 6.45) is 14.9. The molecule has 8 aromatic carbocycles. The molecule has 0 saturated carbocycles. The van der Waals surface area contributed by atoms with Crippen molar-refractivity contribution in [1.82, 2.24) is 0 Å². The van der Waals surface area contributed by atoms with Crippen molar-refractivity contribution in [2.24, 2.45) is 0 Å². The second-order valence-electron chi connectivity index (χ2n) is 16.2. The van der Waals surface area contributed by atoms with Gasteiger partial charge in [-0.15, -0.1) is 0 Å². The first kappa shape index (κ1) is 33.9. The first-order chi connectivity index (χ1) is 29.3. The standard InChI is InChI=1S/C57H42N2/c1-4-20-40(21-5-1)58(41-22-6-2-7-23-41)54-34-18-33-52-56(54)49-30-15-17-32-51(49)57(52)50-31-16-14-28-46(50)47-36-35-43(38-53(47)57)59(42-24-8-3-9-25-42)55-37-39-19-10-11-26-44(39)45-27-12-13-29-48(45)55/h1,3-6,8-37,43H,2,7,38H2. The van der Waals surface area contributed by atoms with Gasteiger partial charge in [-0.25, -0.2) is 0 Å². The third kappa shape index (κ3) is 4.99. The maximum Gasteiger partial charge on any atom is 0.0690 e. The van der Waals surface area contributed by atoms with E-state index in [4.69, 9.17) is 0 Å². The zero-order chi connectivity index (χ0) is 38.9. The smallest absolute Gasteiger partial charge is 0.0690 e. The normalized spacial score (nSPS) is 18.4. The molecule has 0 heterocycles. The molecule has 2 heteroatoms. The van der Waals surface area contributed by atoms with Crippen LogP contribution in [-0.4, -0.2) is 6.04 Å². The van der Waals surface area contributed by atoms with E-state index >= 15 is 0 Å². The molecule has 0 amide bonds. The van der Waals surface area contributed by atoms with Crippen molar-refractivity contribution in [2.45, 2.75) is 30.7 Å². The summed E-state index contributed by atoms with van der Waals surface area (Å²) in [5.74, 6) is 0. The zero-order valence-corrected chi connectivity index (χ0v) is 32.8. The van der Waals surface area contributed by atoms with Gasteiger partial charge in [0.2, 0.25) is 0 Å². The van der Waals surface area contributed by atoms with E-state index in [1.54, 1.807) is 0 Å². The van der Waals surface area contributed by atoms with E-state index < -0.39 is 5.41 Å². The Morgan fingerprint density at radius 3 is 1.92 bits per heavy atom. The highest BCUT2D eigenvalue weighted by Gasteiger charge is 2.54. The molecule has 4 aliphatic carbocycles. The summed E-state index contributed by atoms with van der Waals surface area (Å²) < 4.78 is 0. The van der Waals surface area contributed by atoms with E-state index in [1.165, 1.54) is 94.5 Å². The van der Waals surface area contributed by atoms with Crippen LogP contribution in [0.25, 0.3) is 38.2 Å². The molecule has 59 heavy (non-hydrogen) atoms. The number of hydrogen-bond acceptors (Lipinski definition) is 2. The van der Waals surface area contributed by atoms with Crippen molar-refractivity contribution in [2.75, 3.05) is 9.80 Å². The molecule has 0 radical (unpaired) electrons. The Bertz CT molecular complexity index is 3090. The minimum absolute atomic E-state index is 0.0599. The molecule has 4 aliphatic rings. The Kier molecular flexibility index (Phi) is 7.74. The summed E-state index contributed by atoms with van der Waals surface area (Å²) >= 11 is 0. The minimum atomic E-state index is -0.455. The van der Waals surface area contributed by atoms with E-state index in [9.17, 15) is 0 Å². The Hall–Kier alpha value is -7.16. The molecule has 280 valence electrons. The number of benzene rings is 8. The first-order valence-electron chi connectivity index (χ1n) is 21.0. The summed E-state index contributed by atoms with van der Waals surface area (Å²) in [7, 11) is 0. The summed E-state index contributed by atoms with van der Waals surface area (Å²) in [6.45, 7) is 0. The molecule has 0 bridgehead atoms. The summed E-state index contributed by atoms with van der Waals surface area (Å²) in [6, 6.07) is 67.8. The lowest BCUT2D eigenvalue weighted by molar-refractivity contribution is 0.664. The lowest BCUT2D eigenvalue weighted by Crippen LogP contribution is -2.36. The number of nitrogens with zero attached hydrogens (tertiary/aromatic N) is 2. The second kappa shape index (κ2) is 13.5. The highest BCUT2D eigenvalue weighted by molar-refractivity contribution is 6.14. The van der Waals surface area contributed by atoms with Gasteiger partial charge in [-0.3, -0.25) is 0 Å². The van der Waals surface area contributed by atoms with E-state index in [2.05, 4.69) is 222 Å². The zero-order valence-electron chi connectivity index (χ0n) is 32.8. The van der Waals surface area contributed by atoms with Crippen LogP contribution in [0.4, 0.5) is 22.7 Å². The number of hydrogen-bond donors (Lipinski definition) is 0. The number of allylic oxidation sites excluding steroid dienone is 5. The van der Waals surface area contributed by atoms with Gasteiger partial charge in [0.25, 0.3) is 0 Å². The maximum atomic E-state index is 2.61. The van der Waals surface area contributed by atoms with Gasteiger partial charge in [0, 0.05) is 28.0 Å². The van der Waals surface area contributed by atoms with Gasteiger partial charge >= 0.3 is 0 Å². The molecular formula is C57H42N2. The van der Waals surface area contributed by atoms with Crippen LogP contribution in [0.1, 0.15) is 41.5 Å². The fourth-order valence-corrected chi connectivity index (χ4v) is 10.9. The van der Waals surface area contributed by atoms with Crippen molar-refractivity contribution in [3.8, 4) is 11.1 Å². The summed E-state index contributed by atoms with van der Waals surface area (Å²) in [4.78, 5) is 5.11. The van der Waals surface area contributed by atoms with E-state index in [0.29, 0.717) is 0 Å². The highest BCUT2D eigenvalue weighted by Crippen LogP contribution is 2.65. The molecule has 0 saturated heterocycles. The van der Waals surface area contributed by atoms with Crippen LogP contribution < -0.4 is 9.80 Å². The van der Waals surface area contributed by atoms with Crippen LogP contribution in [0, 0.1) is 0 Å². The van der Waals surface area contributed by atoms with E-state index in [1.807, 2.05) is 0 Å². The van der Waals surface area contributed by atoms with E-state index in [0.717, 1.165) is 19.3 Å². The molecule has 0 aliphatic heterocycles. The van der Waals surface area contributed by atoms with Crippen LogP contribution in [-0.2, 0) is 5.41 Å².